The topological polar surface area (TPSA) is 44.7 Å². The number of rotatable bonds is 1. The van der Waals surface area contributed by atoms with Gasteiger partial charge in [0.25, 0.3) is 5.91 Å². The lowest BCUT2D eigenvalue weighted by molar-refractivity contribution is -0.129. The van der Waals surface area contributed by atoms with Crippen LogP contribution in [0.3, 0.4) is 0 Å². The molecule has 1 aromatic carbocycles. The number of carbonyl (C=O) groups excluding carboxylic acids is 1. The van der Waals surface area contributed by atoms with E-state index in [4.69, 9.17) is 17.2 Å². The molecule has 0 aromatic heterocycles. The fraction of sp³-hybridized carbons (Fsp3) is 0.571. The second-order valence-electron chi connectivity index (χ2n) is 8.26. The normalized spacial score (nSPS) is 30.8. The predicted molar refractivity (Wildman–Crippen MR) is 107 cm³/mol. The van der Waals surface area contributed by atoms with Crippen molar-refractivity contribution in [2.45, 2.75) is 69.4 Å². The van der Waals surface area contributed by atoms with E-state index in [0.717, 1.165) is 68.3 Å². The van der Waals surface area contributed by atoms with Crippen molar-refractivity contribution in [1.82, 2.24) is 4.90 Å². The second-order valence-corrected chi connectivity index (χ2v) is 8.62. The molecule has 0 radical (unpaired) electrons. The second kappa shape index (κ2) is 6.36. The number of carbonyl (C=O) groups is 1. The van der Waals surface area contributed by atoms with E-state index in [1.807, 2.05) is 0 Å². The van der Waals surface area contributed by atoms with Gasteiger partial charge in [0, 0.05) is 28.9 Å². The summed E-state index contributed by atoms with van der Waals surface area (Å²) in [5, 5.41) is 3.56. The monoisotopic (exact) mass is 385 g/mol. The SMILES string of the molecule is O=C1Nc2ccc(F)cc2C12C1CCCCC1=NC(=S)N2C1CCCCC1. The fourth-order valence-electron chi connectivity index (χ4n) is 5.72. The Bertz CT molecular complexity index is 848. The van der Waals surface area contributed by atoms with E-state index in [-0.39, 0.29) is 23.7 Å². The van der Waals surface area contributed by atoms with Gasteiger partial charge in [-0.15, -0.1) is 0 Å². The maximum Gasteiger partial charge on any atom is 0.255 e. The number of anilines is 1. The smallest absolute Gasteiger partial charge is 0.255 e. The molecule has 1 amide bonds. The van der Waals surface area contributed by atoms with Crippen molar-refractivity contribution in [3.63, 3.8) is 0 Å². The van der Waals surface area contributed by atoms with Crippen LogP contribution in [0.5, 0.6) is 0 Å². The maximum atomic E-state index is 14.3. The van der Waals surface area contributed by atoms with Crippen LogP contribution in [0, 0.1) is 11.7 Å². The third kappa shape index (κ3) is 2.42. The third-order valence-corrected chi connectivity index (χ3v) is 7.12. The van der Waals surface area contributed by atoms with Gasteiger partial charge in [0.2, 0.25) is 0 Å². The molecule has 2 heterocycles. The summed E-state index contributed by atoms with van der Waals surface area (Å²) in [6.45, 7) is 0. The molecule has 0 bridgehead atoms. The van der Waals surface area contributed by atoms with Gasteiger partial charge in [0.05, 0.1) is 0 Å². The van der Waals surface area contributed by atoms with Crippen molar-refractivity contribution in [3.8, 4) is 0 Å². The van der Waals surface area contributed by atoms with E-state index in [2.05, 4.69) is 10.2 Å². The number of nitrogens with one attached hydrogen (secondary N) is 1. The molecule has 2 aliphatic heterocycles. The first-order chi connectivity index (χ1) is 13.1. The number of benzene rings is 1. The maximum absolute atomic E-state index is 14.3. The Hall–Kier alpha value is -1.82. The Balaban J connectivity index is 1.74. The number of aliphatic imine (C=N–C) groups is 1. The molecular formula is C21H24FN3OS. The van der Waals surface area contributed by atoms with Gasteiger partial charge in [-0.05, 0) is 62.5 Å². The zero-order chi connectivity index (χ0) is 18.6. The molecule has 2 fully saturated rings. The number of hydrogen-bond donors (Lipinski definition) is 1. The number of hydrogen-bond acceptors (Lipinski definition) is 2. The molecule has 27 heavy (non-hydrogen) atoms. The van der Waals surface area contributed by atoms with Crippen LogP contribution in [0.2, 0.25) is 0 Å². The molecule has 4 nitrogen and oxygen atoms in total. The van der Waals surface area contributed by atoms with Gasteiger partial charge >= 0.3 is 0 Å². The minimum Gasteiger partial charge on any atom is -0.325 e. The van der Waals surface area contributed by atoms with E-state index < -0.39 is 5.54 Å². The Morgan fingerprint density at radius 1 is 1.15 bits per heavy atom. The van der Waals surface area contributed by atoms with Gasteiger partial charge in [0.1, 0.15) is 5.82 Å². The van der Waals surface area contributed by atoms with Gasteiger partial charge < -0.3 is 10.2 Å². The first-order valence-electron chi connectivity index (χ1n) is 10.1. The van der Waals surface area contributed by atoms with Gasteiger partial charge in [-0.3, -0.25) is 4.79 Å². The van der Waals surface area contributed by atoms with Crippen molar-refractivity contribution in [2.24, 2.45) is 10.9 Å². The van der Waals surface area contributed by atoms with Crippen molar-refractivity contribution >= 4 is 34.6 Å². The molecule has 2 aliphatic carbocycles. The van der Waals surface area contributed by atoms with Crippen LogP contribution in [0.15, 0.2) is 23.2 Å². The highest BCUT2D eigenvalue weighted by molar-refractivity contribution is 7.80. The van der Waals surface area contributed by atoms with Crippen LogP contribution < -0.4 is 5.32 Å². The van der Waals surface area contributed by atoms with Crippen molar-refractivity contribution in [3.05, 3.63) is 29.6 Å². The molecule has 1 N–H and O–H groups in total. The summed E-state index contributed by atoms with van der Waals surface area (Å²) in [5.41, 5.74) is 1.57. The van der Waals surface area contributed by atoms with Crippen LogP contribution in [0.4, 0.5) is 10.1 Å². The Kier molecular flexibility index (Phi) is 4.08. The largest absolute Gasteiger partial charge is 0.325 e. The Labute approximate surface area is 164 Å². The molecule has 6 heteroatoms. The summed E-state index contributed by atoms with van der Waals surface area (Å²) >= 11 is 5.77. The number of halogens is 1. The number of amides is 1. The molecule has 0 saturated heterocycles. The summed E-state index contributed by atoms with van der Waals surface area (Å²) in [5.74, 6) is -0.391. The predicted octanol–water partition coefficient (Wildman–Crippen LogP) is 4.54. The lowest BCUT2D eigenvalue weighted by atomic mass is 9.67. The highest BCUT2D eigenvalue weighted by Gasteiger charge is 2.61. The van der Waals surface area contributed by atoms with Gasteiger partial charge in [-0.2, -0.15) is 0 Å². The average Bonchev–Trinajstić information content (AvgIpc) is 2.95. The van der Waals surface area contributed by atoms with Crippen molar-refractivity contribution in [1.29, 1.82) is 0 Å². The Morgan fingerprint density at radius 3 is 2.74 bits per heavy atom. The van der Waals surface area contributed by atoms with E-state index in [1.54, 1.807) is 12.1 Å². The summed E-state index contributed by atoms with van der Waals surface area (Å²) in [4.78, 5) is 20.5. The summed E-state index contributed by atoms with van der Waals surface area (Å²) in [7, 11) is 0. The van der Waals surface area contributed by atoms with E-state index in [9.17, 15) is 9.18 Å². The standard InChI is InChI=1S/C21H24FN3OS/c22-13-10-11-18-16(12-13)21(19(26)23-18)15-8-4-5-9-17(15)24-20(27)25(21)14-6-2-1-3-7-14/h10-12,14-15H,1-9H2,(H,23,26). The summed E-state index contributed by atoms with van der Waals surface area (Å²) < 4.78 is 14.3. The fourth-order valence-corrected chi connectivity index (χ4v) is 6.13. The molecule has 1 spiro atoms. The van der Waals surface area contributed by atoms with Crippen LogP contribution in [0.1, 0.15) is 63.4 Å². The van der Waals surface area contributed by atoms with Crippen molar-refractivity contribution < 1.29 is 9.18 Å². The minimum atomic E-state index is -0.936. The van der Waals surface area contributed by atoms with Crippen LogP contribution in [-0.2, 0) is 10.3 Å². The average molecular weight is 386 g/mol. The first kappa shape index (κ1) is 17.3. The van der Waals surface area contributed by atoms with E-state index in [1.165, 1.54) is 12.5 Å². The highest BCUT2D eigenvalue weighted by atomic mass is 32.1. The number of thiocarbonyl (C=S) groups is 1. The number of fused-ring (bicyclic) bond motifs is 4. The zero-order valence-electron chi connectivity index (χ0n) is 15.3. The zero-order valence-corrected chi connectivity index (χ0v) is 16.2. The molecule has 4 aliphatic rings. The van der Waals surface area contributed by atoms with Gasteiger partial charge in [-0.1, -0.05) is 25.7 Å². The molecule has 1 aromatic rings. The third-order valence-electron chi connectivity index (χ3n) is 6.83. The quantitative estimate of drug-likeness (QED) is 0.722. The summed E-state index contributed by atoms with van der Waals surface area (Å²) in [6.07, 6.45) is 9.44. The lowest BCUT2D eigenvalue weighted by Gasteiger charge is -2.53. The van der Waals surface area contributed by atoms with Crippen molar-refractivity contribution in [2.75, 3.05) is 5.32 Å². The molecular weight excluding hydrogens is 361 g/mol. The van der Waals surface area contributed by atoms with E-state index >= 15 is 0 Å². The van der Waals surface area contributed by atoms with Gasteiger partial charge in [-0.25, -0.2) is 9.38 Å². The molecule has 2 atom stereocenters. The molecule has 2 unspecified atom stereocenters. The molecule has 142 valence electrons. The van der Waals surface area contributed by atoms with E-state index in [0.29, 0.717) is 5.11 Å². The van der Waals surface area contributed by atoms with Gasteiger partial charge in [0.15, 0.2) is 10.7 Å². The molecule has 2 saturated carbocycles. The van der Waals surface area contributed by atoms with Crippen LogP contribution in [-0.4, -0.2) is 27.7 Å². The first-order valence-corrected chi connectivity index (χ1v) is 10.6. The lowest BCUT2D eigenvalue weighted by Crippen LogP contribution is -2.65. The Morgan fingerprint density at radius 2 is 1.93 bits per heavy atom. The van der Waals surface area contributed by atoms with Crippen LogP contribution >= 0.6 is 12.2 Å². The van der Waals surface area contributed by atoms with Crippen LogP contribution in [0.25, 0.3) is 0 Å². The number of nitrogens with zero attached hydrogens (tertiary/aromatic N) is 2. The summed E-state index contributed by atoms with van der Waals surface area (Å²) in [6, 6.07) is 4.84. The minimum absolute atomic E-state index is 0.0251. The highest BCUT2D eigenvalue weighted by Crippen LogP contribution is 2.53. The molecule has 5 rings (SSSR count).